The molecule has 1 fully saturated rings. The molecule has 3 unspecified atom stereocenters. The van der Waals surface area contributed by atoms with Gasteiger partial charge >= 0.3 is 5.97 Å². The smallest absolute Gasteiger partial charge is 0.305 e. The van der Waals surface area contributed by atoms with Crippen LogP contribution in [0.5, 0.6) is 11.6 Å². The van der Waals surface area contributed by atoms with Crippen molar-refractivity contribution in [3.8, 4) is 11.6 Å². The molecule has 54 heavy (non-hydrogen) atoms. The number of likely N-dealkylation sites (N-methyl/N-ethyl adjacent to an activating group) is 1. The zero-order valence-electron chi connectivity index (χ0n) is 30.2. The number of rotatable bonds is 22. The first-order valence-corrected chi connectivity index (χ1v) is 17.7. The molecular formula is C38H45N7O9. The van der Waals surface area contributed by atoms with Gasteiger partial charge in [-0.1, -0.05) is 65.8 Å². The van der Waals surface area contributed by atoms with Crippen LogP contribution in [-0.2, 0) is 38.6 Å². The van der Waals surface area contributed by atoms with Crippen molar-refractivity contribution < 1.29 is 43.0 Å². The lowest BCUT2D eigenvalue weighted by Gasteiger charge is -2.24. The van der Waals surface area contributed by atoms with Crippen molar-refractivity contribution in [3.63, 3.8) is 0 Å². The highest BCUT2D eigenvalue weighted by molar-refractivity contribution is 6.02. The number of hydrogen-bond donors (Lipinski definition) is 5. The predicted octanol–water partition coefficient (Wildman–Crippen LogP) is 2.19. The summed E-state index contributed by atoms with van der Waals surface area (Å²) in [5.74, 6) is -1.98. The summed E-state index contributed by atoms with van der Waals surface area (Å²) in [6.45, 7) is 0.454. The molecule has 5 N–H and O–H groups in total. The van der Waals surface area contributed by atoms with E-state index in [1.807, 2.05) is 60.7 Å². The molecule has 3 amide bonds. The van der Waals surface area contributed by atoms with Gasteiger partial charge in [-0.05, 0) is 43.5 Å². The summed E-state index contributed by atoms with van der Waals surface area (Å²) in [6.07, 6.45) is 3.32. The van der Waals surface area contributed by atoms with Crippen molar-refractivity contribution in [2.75, 3.05) is 33.9 Å². The lowest BCUT2D eigenvalue weighted by molar-refractivity contribution is -0.139. The molecule has 3 atom stereocenters. The Balaban J connectivity index is 1.25. The molecule has 5 rings (SSSR count). The number of amides is 3. The number of nitrogens with zero attached hydrogens (tertiary/aromatic N) is 3. The van der Waals surface area contributed by atoms with Crippen LogP contribution in [0.1, 0.15) is 58.4 Å². The number of carboxylic acids is 1. The highest BCUT2D eigenvalue weighted by Crippen LogP contribution is 2.38. The Morgan fingerprint density at radius 2 is 1.65 bits per heavy atom. The topological polar surface area (TPSA) is 216 Å². The van der Waals surface area contributed by atoms with E-state index in [4.69, 9.17) is 18.7 Å². The van der Waals surface area contributed by atoms with Crippen LogP contribution in [0.3, 0.4) is 0 Å². The maximum Gasteiger partial charge on any atom is 0.305 e. The standard InChI is InChI=1S/C38H45N7O9/c1-39-29(23-52-21-25-11-7-4-8-12-25)36(49)42-27(19-24-9-5-3-6-10-24)22-53-30-15-17-41-38(51-2)33(30)37(50)43-28(20-32(46)47)35(48)40-18-16-31-44-34(45-54-31)26-13-14-26/h3-12,15,17,26-29,39H,13-14,16,18-23H2,1-2H3,(H,40,48)(H,42,49)(H,43,50)(H,46,47). The molecule has 1 saturated carbocycles. The average Bonchev–Trinajstić information content (AvgIpc) is 3.92. The second-order valence-electron chi connectivity index (χ2n) is 12.7. The van der Waals surface area contributed by atoms with Gasteiger partial charge in [-0.25, -0.2) is 4.98 Å². The van der Waals surface area contributed by atoms with Gasteiger partial charge in [-0.15, -0.1) is 0 Å². The van der Waals surface area contributed by atoms with Crippen LogP contribution in [0.2, 0.25) is 0 Å². The molecule has 0 aliphatic heterocycles. The third kappa shape index (κ3) is 11.8. The van der Waals surface area contributed by atoms with E-state index in [1.165, 1.54) is 19.4 Å². The Morgan fingerprint density at radius 3 is 2.31 bits per heavy atom. The van der Waals surface area contributed by atoms with Crippen LogP contribution in [0.15, 0.2) is 77.4 Å². The predicted molar refractivity (Wildman–Crippen MR) is 194 cm³/mol. The maximum atomic E-state index is 13.7. The van der Waals surface area contributed by atoms with Gasteiger partial charge in [-0.2, -0.15) is 4.98 Å². The van der Waals surface area contributed by atoms with Crippen molar-refractivity contribution in [1.29, 1.82) is 0 Å². The third-order valence-electron chi connectivity index (χ3n) is 8.54. The Bertz CT molecular complexity index is 1840. The monoisotopic (exact) mass is 743 g/mol. The molecular weight excluding hydrogens is 698 g/mol. The minimum Gasteiger partial charge on any atom is -0.490 e. The molecule has 2 aromatic heterocycles. The van der Waals surface area contributed by atoms with Crippen LogP contribution in [0.4, 0.5) is 0 Å². The quantitative estimate of drug-likeness (QED) is 0.0782. The van der Waals surface area contributed by atoms with E-state index in [1.54, 1.807) is 7.05 Å². The van der Waals surface area contributed by atoms with Gasteiger partial charge in [0.25, 0.3) is 5.91 Å². The molecule has 2 heterocycles. The van der Waals surface area contributed by atoms with Gasteiger partial charge in [0, 0.05) is 25.1 Å². The Labute approximate surface area is 312 Å². The molecule has 1 aliphatic carbocycles. The number of benzene rings is 2. The summed E-state index contributed by atoms with van der Waals surface area (Å²) in [5.41, 5.74) is 1.75. The first-order valence-electron chi connectivity index (χ1n) is 17.7. The van der Waals surface area contributed by atoms with E-state index in [2.05, 4.69) is 36.4 Å². The zero-order valence-corrected chi connectivity index (χ0v) is 30.2. The molecule has 2 aromatic carbocycles. The largest absolute Gasteiger partial charge is 0.490 e. The maximum absolute atomic E-state index is 13.7. The van der Waals surface area contributed by atoms with Crippen molar-refractivity contribution >= 4 is 23.7 Å². The van der Waals surface area contributed by atoms with Gasteiger partial charge in [0.1, 0.15) is 30.0 Å². The summed E-state index contributed by atoms with van der Waals surface area (Å²) >= 11 is 0. The fourth-order valence-corrected chi connectivity index (χ4v) is 5.52. The minimum absolute atomic E-state index is 0.0420. The van der Waals surface area contributed by atoms with Crippen molar-refractivity contribution in [3.05, 3.63) is 101 Å². The number of aromatic nitrogens is 3. The number of carbonyl (C=O) groups is 4. The summed E-state index contributed by atoms with van der Waals surface area (Å²) in [4.78, 5) is 60.5. The van der Waals surface area contributed by atoms with Crippen LogP contribution in [0.25, 0.3) is 0 Å². The van der Waals surface area contributed by atoms with Gasteiger partial charge in [0.05, 0.1) is 32.8 Å². The summed E-state index contributed by atoms with van der Waals surface area (Å²) in [6, 6.07) is 17.9. The van der Waals surface area contributed by atoms with Gasteiger partial charge in [-0.3, -0.25) is 19.2 Å². The fourth-order valence-electron chi connectivity index (χ4n) is 5.52. The van der Waals surface area contributed by atoms with Crippen LogP contribution in [-0.4, -0.2) is 96.0 Å². The van der Waals surface area contributed by atoms with Gasteiger partial charge in [0.15, 0.2) is 5.82 Å². The van der Waals surface area contributed by atoms with Crippen molar-refractivity contribution in [2.45, 2.75) is 62.8 Å². The minimum atomic E-state index is -1.45. The number of carbonyl (C=O) groups excluding carboxylic acids is 3. The van der Waals surface area contributed by atoms with Crippen LogP contribution in [0, 0.1) is 0 Å². The summed E-state index contributed by atoms with van der Waals surface area (Å²) in [7, 11) is 2.98. The van der Waals surface area contributed by atoms with E-state index in [9.17, 15) is 24.3 Å². The Hall–Kier alpha value is -5.87. The first kappa shape index (κ1) is 39.3. The normalized spacial score (nSPS) is 14.0. The van der Waals surface area contributed by atoms with E-state index in [0.717, 1.165) is 24.0 Å². The Morgan fingerprint density at radius 1 is 0.926 bits per heavy atom. The number of ether oxygens (including phenoxy) is 3. The lowest BCUT2D eigenvalue weighted by atomic mass is 10.1. The molecule has 16 nitrogen and oxygen atoms in total. The number of pyridine rings is 1. The highest BCUT2D eigenvalue weighted by atomic mass is 16.5. The molecule has 1 aliphatic rings. The van der Waals surface area contributed by atoms with Gasteiger partial charge in [0.2, 0.25) is 23.6 Å². The molecule has 0 radical (unpaired) electrons. The number of carboxylic acid groups (broad SMARTS) is 1. The van der Waals surface area contributed by atoms with Crippen LogP contribution >= 0.6 is 0 Å². The molecule has 0 spiro atoms. The molecule has 286 valence electrons. The fraction of sp³-hybridized carbons (Fsp3) is 0.395. The van der Waals surface area contributed by atoms with Crippen LogP contribution < -0.4 is 30.7 Å². The zero-order chi connectivity index (χ0) is 38.3. The average molecular weight is 744 g/mol. The lowest BCUT2D eigenvalue weighted by Crippen LogP contribution is -2.51. The molecule has 0 saturated heterocycles. The summed E-state index contributed by atoms with van der Waals surface area (Å²) in [5, 5.41) is 24.7. The second kappa shape index (κ2) is 19.8. The highest BCUT2D eigenvalue weighted by Gasteiger charge is 2.30. The number of aliphatic carboxylic acids is 1. The Kier molecular flexibility index (Phi) is 14.4. The molecule has 4 aromatic rings. The number of nitrogens with one attached hydrogen (secondary N) is 4. The number of hydrogen-bond acceptors (Lipinski definition) is 12. The van der Waals surface area contributed by atoms with E-state index in [-0.39, 0.29) is 49.3 Å². The summed E-state index contributed by atoms with van der Waals surface area (Å²) < 4.78 is 22.6. The second-order valence-corrected chi connectivity index (χ2v) is 12.7. The van der Waals surface area contributed by atoms with Gasteiger partial charge < -0.3 is 45.1 Å². The SMILES string of the molecule is CNC(COCc1ccccc1)C(=O)NC(COc1ccnc(OC)c1C(=O)NC(CC(=O)O)C(=O)NCCc1nc(C2CC2)no1)Cc1ccccc1. The van der Waals surface area contributed by atoms with Crippen molar-refractivity contribution in [2.24, 2.45) is 0 Å². The number of methoxy groups -OCH3 is 1. The molecule has 0 bridgehead atoms. The van der Waals surface area contributed by atoms with E-state index in [0.29, 0.717) is 30.7 Å². The first-order chi connectivity index (χ1) is 26.2. The van der Waals surface area contributed by atoms with E-state index >= 15 is 0 Å². The van der Waals surface area contributed by atoms with E-state index < -0.39 is 42.3 Å². The third-order valence-corrected chi connectivity index (χ3v) is 8.54. The molecule has 16 heteroatoms. The van der Waals surface area contributed by atoms with Crippen molar-refractivity contribution in [1.82, 2.24) is 36.4 Å².